The molecule has 6 heteroatoms. The third-order valence-corrected chi connectivity index (χ3v) is 4.17. The van der Waals surface area contributed by atoms with Gasteiger partial charge in [0.25, 0.3) is 0 Å². The van der Waals surface area contributed by atoms with Gasteiger partial charge >= 0.3 is 6.09 Å². The average molecular weight is 324 g/mol. The van der Waals surface area contributed by atoms with Gasteiger partial charge < -0.3 is 18.9 Å². The van der Waals surface area contributed by atoms with Crippen LogP contribution in [0.2, 0.25) is 0 Å². The van der Waals surface area contributed by atoms with E-state index < -0.39 is 5.60 Å². The second kappa shape index (κ2) is 6.91. The molecule has 130 valence electrons. The Bertz CT molecular complexity index is 525. The number of hydrogen-bond acceptors (Lipinski definition) is 5. The molecule has 0 atom stereocenters. The molecule has 0 unspecified atom stereocenters. The van der Waals surface area contributed by atoms with Crippen molar-refractivity contribution in [2.24, 2.45) is 0 Å². The molecule has 0 radical (unpaired) electrons. The number of amides is 1. The average Bonchev–Trinajstić information content (AvgIpc) is 2.89. The number of nitrogens with zero attached hydrogens (tertiary/aromatic N) is 2. The first-order valence-corrected chi connectivity index (χ1v) is 8.27. The molecule has 1 aliphatic rings. The predicted molar refractivity (Wildman–Crippen MR) is 86.1 cm³/mol. The van der Waals surface area contributed by atoms with Crippen molar-refractivity contribution in [3.63, 3.8) is 0 Å². The Balaban J connectivity index is 1.87. The van der Waals surface area contributed by atoms with Crippen LogP contribution >= 0.6 is 0 Å². The fourth-order valence-electron chi connectivity index (χ4n) is 2.74. The van der Waals surface area contributed by atoms with Crippen molar-refractivity contribution in [3.05, 3.63) is 17.5 Å². The van der Waals surface area contributed by atoms with E-state index in [9.17, 15) is 4.79 Å². The number of rotatable bonds is 4. The molecule has 1 saturated heterocycles. The Kier molecular flexibility index (Phi) is 5.34. The number of hydrogen-bond donors (Lipinski definition) is 0. The fourth-order valence-corrected chi connectivity index (χ4v) is 2.74. The Labute approximate surface area is 138 Å². The largest absolute Gasteiger partial charge is 0.444 e. The van der Waals surface area contributed by atoms with Crippen LogP contribution in [0.25, 0.3) is 0 Å². The van der Waals surface area contributed by atoms with Crippen molar-refractivity contribution in [1.29, 1.82) is 0 Å². The molecule has 23 heavy (non-hydrogen) atoms. The summed E-state index contributed by atoms with van der Waals surface area (Å²) in [5.74, 6) is 0.786. The molecule has 0 aromatic carbocycles. The monoisotopic (exact) mass is 324 g/mol. The van der Waals surface area contributed by atoms with Crippen molar-refractivity contribution < 1.29 is 18.8 Å². The Morgan fingerprint density at radius 1 is 1.39 bits per heavy atom. The zero-order chi connectivity index (χ0) is 17.1. The van der Waals surface area contributed by atoms with Gasteiger partial charge in [0.2, 0.25) is 0 Å². The van der Waals surface area contributed by atoms with E-state index in [1.54, 1.807) is 4.90 Å². The number of aryl methyl sites for hydroxylation is 1. The smallest absolute Gasteiger partial charge is 0.410 e. The van der Waals surface area contributed by atoms with Crippen LogP contribution in [0.4, 0.5) is 4.79 Å². The highest BCUT2D eigenvalue weighted by atomic mass is 16.6. The molecule has 1 aromatic rings. The molecule has 1 aliphatic heterocycles. The molecule has 0 aliphatic carbocycles. The predicted octanol–water partition coefficient (Wildman–Crippen LogP) is 3.68. The van der Waals surface area contributed by atoms with E-state index in [-0.39, 0.29) is 11.7 Å². The standard InChI is InChI=1S/C17H28N2O4/c1-6-17(21-12-14-11-13(2)23-18-14)7-9-19(10-8-17)15(20)22-16(3,4)5/h11H,6-10,12H2,1-5H3. The number of likely N-dealkylation sites (tertiary alicyclic amines) is 1. The van der Waals surface area contributed by atoms with Crippen LogP contribution < -0.4 is 0 Å². The minimum atomic E-state index is -0.461. The Morgan fingerprint density at radius 2 is 2.04 bits per heavy atom. The Hall–Kier alpha value is -1.56. The van der Waals surface area contributed by atoms with Gasteiger partial charge in [-0.15, -0.1) is 0 Å². The van der Waals surface area contributed by atoms with Gasteiger partial charge in [0.1, 0.15) is 17.1 Å². The van der Waals surface area contributed by atoms with Gasteiger partial charge in [-0.25, -0.2) is 4.79 Å². The first kappa shape index (κ1) is 17.8. The molecule has 0 spiro atoms. The van der Waals surface area contributed by atoms with Gasteiger partial charge in [0.05, 0.1) is 12.2 Å². The summed E-state index contributed by atoms with van der Waals surface area (Å²) in [5, 5.41) is 3.96. The first-order valence-electron chi connectivity index (χ1n) is 8.27. The number of carbonyl (C=O) groups is 1. The molecule has 2 rings (SSSR count). The van der Waals surface area contributed by atoms with Crippen LogP contribution in [0.15, 0.2) is 10.6 Å². The second-order valence-corrected chi connectivity index (χ2v) is 7.22. The summed E-state index contributed by atoms with van der Waals surface area (Å²) >= 11 is 0. The molecular weight excluding hydrogens is 296 g/mol. The van der Waals surface area contributed by atoms with Crippen molar-refractivity contribution in [2.45, 2.75) is 71.7 Å². The zero-order valence-electron chi connectivity index (χ0n) is 14.8. The molecule has 0 N–H and O–H groups in total. The van der Waals surface area contributed by atoms with E-state index >= 15 is 0 Å². The minimum Gasteiger partial charge on any atom is -0.444 e. The van der Waals surface area contributed by atoms with Crippen molar-refractivity contribution in [2.75, 3.05) is 13.1 Å². The van der Waals surface area contributed by atoms with Crippen LogP contribution in [-0.2, 0) is 16.1 Å². The van der Waals surface area contributed by atoms with Crippen LogP contribution in [0.5, 0.6) is 0 Å². The van der Waals surface area contributed by atoms with E-state index in [0.717, 1.165) is 30.7 Å². The molecule has 0 bridgehead atoms. The number of piperidine rings is 1. The number of carbonyl (C=O) groups excluding carboxylic acids is 1. The summed E-state index contributed by atoms with van der Waals surface area (Å²) in [6.45, 7) is 11.4. The SMILES string of the molecule is CCC1(OCc2cc(C)on2)CCN(C(=O)OC(C)(C)C)CC1. The summed E-state index contributed by atoms with van der Waals surface area (Å²) in [4.78, 5) is 13.9. The highest BCUT2D eigenvalue weighted by molar-refractivity contribution is 5.68. The quantitative estimate of drug-likeness (QED) is 0.845. The van der Waals surface area contributed by atoms with E-state index in [0.29, 0.717) is 19.7 Å². The lowest BCUT2D eigenvalue weighted by Crippen LogP contribution is -2.49. The maximum atomic E-state index is 12.1. The maximum Gasteiger partial charge on any atom is 0.410 e. The van der Waals surface area contributed by atoms with Gasteiger partial charge in [-0.3, -0.25) is 0 Å². The highest BCUT2D eigenvalue weighted by Gasteiger charge is 2.36. The van der Waals surface area contributed by atoms with Gasteiger partial charge in [0.15, 0.2) is 0 Å². The van der Waals surface area contributed by atoms with Crippen molar-refractivity contribution in [1.82, 2.24) is 10.1 Å². The van der Waals surface area contributed by atoms with Gasteiger partial charge in [0, 0.05) is 19.2 Å². The molecule has 1 aromatic heterocycles. The van der Waals surface area contributed by atoms with Crippen LogP contribution in [0.3, 0.4) is 0 Å². The summed E-state index contributed by atoms with van der Waals surface area (Å²) in [6, 6.07) is 1.89. The van der Waals surface area contributed by atoms with E-state index in [2.05, 4.69) is 12.1 Å². The third-order valence-electron chi connectivity index (χ3n) is 4.17. The third kappa shape index (κ3) is 4.96. The number of ether oxygens (including phenoxy) is 2. The lowest BCUT2D eigenvalue weighted by atomic mass is 9.88. The Morgan fingerprint density at radius 3 is 2.52 bits per heavy atom. The normalized spacial score (nSPS) is 18.0. The maximum absolute atomic E-state index is 12.1. The zero-order valence-corrected chi connectivity index (χ0v) is 14.8. The summed E-state index contributed by atoms with van der Waals surface area (Å²) in [7, 11) is 0. The first-order chi connectivity index (χ1) is 10.7. The second-order valence-electron chi connectivity index (χ2n) is 7.22. The van der Waals surface area contributed by atoms with E-state index in [1.807, 2.05) is 33.8 Å². The van der Waals surface area contributed by atoms with Crippen molar-refractivity contribution >= 4 is 6.09 Å². The van der Waals surface area contributed by atoms with Crippen LogP contribution in [0.1, 0.15) is 58.4 Å². The minimum absolute atomic E-state index is 0.203. The summed E-state index contributed by atoms with van der Waals surface area (Å²) < 4.78 is 16.6. The molecule has 1 fully saturated rings. The molecule has 6 nitrogen and oxygen atoms in total. The van der Waals surface area contributed by atoms with Gasteiger partial charge in [-0.05, 0) is 47.0 Å². The van der Waals surface area contributed by atoms with Gasteiger partial charge in [-0.1, -0.05) is 12.1 Å². The van der Waals surface area contributed by atoms with Crippen LogP contribution in [-0.4, -0.2) is 40.4 Å². The van der Waals surface area contributed by atoms with Crippen LogP contribution in [0, 0.1) is 6.92 Å². The van der Waals surface area contributed by atoms with Crippen molar-refractivity contribution in [3.8, 4) is 0 Å². The topological polar surface area (TPSA) is 64.8 Å². The summed E-state index contributed by atoms with van der Waals surface area (Å²) in [6.07, 6.45) is 2.28. The highest BCUT2D eigenvalue weighted by Crippen LogP contribution is 2.31. The number of aromatic nitrogens is 1. The van der Waals surface area contributed by atoms with E-state index in [1.165, 1.54) is 0 Å². The molecular formula is C17H28N2O4. The lowest BCUT2D eigenvalue weighted by Gasteiger charge is -2.41. The molecule has 1 amide bonds. The summed E-state index contributed by atoms with van der Waals surface area (Å²) in [5.41, 5.74) is 0.146. The molecule has 2 heterocycles. The fraction of sp³-hybridized carbons (Fsp3) is 0.765. The lowest BCUT2D eigenvalue weighted by molar-refractivity contribution is -0.0967. The van der Waals surface area contributed by atoms with E-state index in [4.69, 9.17) is 14.0 Å². The molecule has 0 saturated carbocycles. The van der Waals surface area contributed by atoms with Gasteiger partial charge in [-0.2, -0.15) is 0 Å².